The van der Waals surface area contributed by atoms with Crippen molar-refractivity contribution in [3.63, 3.8) is 0 Å². The highest BCUT2D eigenvalue weighted by Crippen LogP contribution is 2.27. The molecule has 3 nitrogen and oxygen atoms in total. The molecule has 2 aromatic rings. The first-order valence-corrected chi connectivity index (χ1v) is 7.34. The third kappa shape index (κ3) is 2.62. The van der Waals surface area contributed by atoms with Crippen LogP contribution in [-0.4, -0.2) is 15.5 Å². The molecule has 0 aliphatic carbocycles. The first kappa shape index (κ1) is 14.7. The molecule has 0 spiro atoms. The van der Waals surface area contributed by atoms with Gasteiger partial charge in [0.1, 0.15) is 11.6 Å². The van der Waals surface area contributed by atoms with Crippen molar-refractivity contribution in [2.24, 2.45) is 0 Å². The summed E-state index contributed by atoms with van der Waals surface area (Å²) >= 11 is 5.78. The molecule has 0 aliphatic heterocycles. The van der Waals surface area contributed by atoms with E-state index in [4.69, 9.17) is 11.6 Å². The van der Waals surface area contributed by atoms with Crippen LogP contribution in [0.2, 0.25) is 5.02 Å². The summed E-state index contributed by atoms with van der Waals surface area (Å²) in [6.07, 6.45) is 0. The van der Waals surface area contributed by atoms with Crippen molar-refractivity contribution in [2.45, 2.75) is 4.90 Å². The second-order valence-corrected chi connectivity index (χ2v) is 6.35. The van der Waals surface area contributed by atoms with E-state index in [1.54, 1.807) is 12.1 Å². The van der Waals surface area contributed by atoms with Crippen molar-refractivity contribution < 1.29 is 17.2 Å². The van der Waals surface area contributed by atoms with Crippen molar-refractivity contribution in [3.05, 3.63) is 59.1 Å². The lowest BCUT2D eigenvalue weighted by molar-refractivity contribution is 0.518. The molecule has 0 amide bonds. The summed E-state index contributed by atoms with van der Waals surface area (Å²) in [6.45, 7) is 0. The monoisotopic (exact) mass is 317 g/mol. The molecule has 0 unspecified atom stereocenters. The molecular weight excluding hydrogens is 308 g/mol. The Hall–Kier alpha value is -1.66. The van der Waals surface area contributed by atoms with Crippen LogP contribution < -0.4 is 4.31 Å². The lowest BCUT2D eigenvalue weighted by atomic mass is 10.3. The van der Waals surface area contributed by atoms with Crippen LogP contribution in [0.3, 0.4) is 0 Å². The van der Waals surface area contributed by atoms with Crippen LogP contribution in [-0.2, 0) is 10.0 Å². The summed E-state index contributed by atoms with van der Waals surface area (Å²) in [5.74, 6) is -2.28. The second kappa shape index (κ2) is 5.38. The van der Waals surface area contributed by atoms with Crippen LogP contribution in [0.25, 0.3) is 0 Å². The molecule has 106 valence electrons. The molecule has 0 fully saturated rings. The average molecular weight is 318 g/mol. The zero-order chi connectivity index (χ0) is 14.9. The summed E-state index contributed by atoms with van der Waals surface area (Å²) in [6, 6.07) is 8.85. The van der Waals surface area contributed by atoms with Crippen molar-refractivity contribution in [1.29, 1.82) is 0 Å². The molecule has 7 heteroatoms. The van der Waals surface area contributed by atoms with E-state index >= 15 is 0 Å². The minimum absolute atomic E-state index is 0.208. The van der Waals surface area contributed by atoms with E-state index in [0.717, 1.165) is 22.5 Å². The Bertz CT molecular complexity index is 730. The third-order valence-electron chi connectivity index (χ3n) is 2.71. The van der Waals surface area contributed by atoms with Crippen LogP contribution in [0.1, 0.15) is 0 Å². The molecule has 0 atom stereocenters. The van der Waals surface area contributed by atoms with Gasteiger partial charge in [-0.1, -0.05) is 23.7 Å². The van der Waals surface area contributed by atoms with Gasteiger partial charge < -0.3 is 0 Å². The molecule has 0 saturated heterocycles. The fraction of sp³-hybridized carbons (Fsp3) is 0.0769. The molecule has 0 bridgehead atoms. The Balaban J connectivity index is 2.56. The normalized spacial score (nSPS) is 11.4. The standard InChI is InChI=1S/C13H10ClF2NO2S/c1-17(10-5-2-4-9(14)8-10)20(18,19)13-11(15)6-3-7-12(13)16/h2-8H,1H3. The molecule has 20 heavy (non-hydrogen) atoms. The number of nitrogens with zero attached hydrogens (tertiary/aromatic N) is 1. The number of sulfonamides is 1. The molecule has 0 saturated carbocycles. The van der Waals surface area contributed by atoms with E-state index in [2.05, 4.69) is 0 Å². The van der Waals surface area contributed by atoms with Gasteiger partial charge in [-0.25, -0.2) is 17.2 Å². The molecule has 0 N–H and O–H groups in total. The SMILES string of the molecule is CN(c1cccc(Cl)c1)S(=O)(=O)c1c(F)cccc1F. The minimum atomic E-state index is -4.35. The van der Waals surface area contributed by atoms with Crippen LogP contribution in [0.5, 0.6) is 0 Å². The molecule has 0 aliphatic rings. The van der Waals surface area contributed by atoms with Gasteiger partial charge in [-0.3, -0.25) is 4.31 Å². The number of anilines is 1. The predicted octanol–water partition coefficient (Wildman–Crippen LogP) is 3.44. The lowest BCUT2D eigenvalue weighted by Crippen LogP contribution is -2.28. The van der Waals surface area contributed by atoms with Gasteiger partial charge >= 0.3 is 0 Å². The number of rotatable bonds is 3. The van der Waals surface area contributed by atoms with Gasteiger partial charge in [0.2, 0.25) is 0 Å². The zero-order valence-corrected chi connectivity index (χ0v) is 11.9. The van der Waals surface area contributed by atoms with Crippen molar-refractivity contribution in [2.75, 3.05) is 11.4 Å². The summed E-state index contributed by atoms with van der Waals surface area (Å²) < 4.78 is 52.6. The van der Waals surface area contributed by atoms with Gasteiger partial charge in [0.25, 0.3) is 10.0 Å². The average Bonchev–Trinajstić information content (AvgIpc) is 2.37. The third-order valence-corrected chi connectivity index (χ3v) is 4.78. The number of hydrogen-bond donors (Lipinski definition) is 0. The highest BCUT2D eigenvalue weighted by Gasteiger charge is 2.28. The van der Waals surface area contributed by atoms with E-state index < -0.39 is 26.6 Å². The van der Waals surface area contributed by atoms with Crippen LogP contribution in [0.4, 0.5) is 14.5 Å². The van der Waals surface area contributed by atoms with E-state index in [9.17, 15) is 17.2 Å². The molecular formula is C13H10ClF2NO2S. The Morgan fingerprint density at radius 3 is 2.15 bits per heavy atom. The molecule has 0 radical (unpaired) electrons. The van der Waals surface area contributed by atoms with E-state index in [-0.39, 0.29) is 5.69 Å². The fourth-order valence-corrected chi connectivity index (χ4v) is 3.16. The Labute approximate surface area is 120 Å². The van der Waals surface area contributed by atoms with Crippen LogP contribution in [0, 0.1) is 11.6 Å². The van der Waals surface area contributed by atoms with Gasteiger partial charge in [0.05, 0.1) is 5.69 Å². The highest BCUT2D eigenvalue weighted by atomic mass is 35.5. The molecule has 2 aromatic carbocycles. The summed E-state index contributed by atoms with van der Waals surface area (Å²) in [4.78, 5) is -0.984. The van der Waals surface area contributed by atoms with E-state index in [1.807, 2.05) is 0 Å². The minimum Gasteiger partial charge on any atom is -0.269 e. The van der Waals surface area contributed by atoms with Crippen LogP contribution >= 0.6 is 11.6 Å². The maximum atomic E-state index is 13.6. The largest absolute Gasteiger partial charge is 0.269 e. The van der Waals surface area contributed by atoms with E-state index in [1.165, 1.54) is 19.2 Å². The maximum absolute atomic E-state index is 13.6. The van der Waals surface area contributed by atoms with E-state index in [0.29, 0.717) is 5.02 Å². The van der Waals surface area contributed by atoms with Crippen molar-refractivity contribution in [1.82, 2.24) is 0 Å². The Morgan fingerprint density at radius 1 is 1.05 bits per heavy atom. The quantitative estimate of drug-likeness (QED) is 0.869. The zero-order valence-electron chi connectivity index (χ0n) is 10.3. The van der Waals surface area contributed by atoms with Gasteiger partial charge in [-0.05, 0) is 30.3 Å². The molecule has 0 aromatic heterocycles. The summed E-state index contributed by atoms with van der Waals surface area (Å²) in [7, 11) is -3.14. The molecule has 2 rings (SSSR count). The smallest absolute Gasteiger partial charge is 0.269 e. The first-order chi connectivity index (χ1) is 9.34. The predicted molar refractivity (Wildman–Crippen MR) is 73.4 cm³/mol. The Morgan fingerprint density at radius 2 is 1.60 bits per heavy atom. The van der Waals surface area contributed by atoms with Crippen LogP contribution in [0.15, 0.2) is 47.4 Å². The lowest BCUT2D eigenvalue weighted by Gasteiger charge is -2.20. The van der Waals surface area contributed by atoms with Gasteiger partial charge in [-0.2, -0.15) is 0 Å². The fourth-order valence-electron chi connectivity index (χ4n) is 1.68. The maximum Gasteiger partial charge on any atom is 0.269 e. The summed E-state index contributed by atoms with van der Waals surface area (Å²) in [5.41, 5.74) is 0.208. The van der Waals surface area contributed by atoms with Gasteiger partial charge in [0.15, 0.2) is 4.90 Å². The number of halogens is 3. The highest BCUT2D eigenvalue weighted by molar-refractivity contribution is 7.92. The van der Waals surface area contributed by atoms with Gasteiger partial charge in [0, 0.05) is 12.1 Å². The summed E-state index contributed by atoms with van der Waals surface area (Å²) in [5, 5.41) is 0.318. The molecule has 0 heterocycles. The number of hydrogen-bond acceptors (Lipinski definition) is 2. The Kier molecular flexibility index (Phi) is 3.96. The second-order valence-electron chi connectivity index (χ2n) is 4.00. The van der Waals surface area contributed by atoms with Gasteiger partial charge in [-0.15, -0.1) is 0 Å². The van der Waals surface area contributed by atoms with Crippen molar-refractivity contribution >= 4 is 27.3 Å². The first-order valence-electron chi connectivity index (χ1n) is 5.52. The van der Waals surface area contributed by atoms with Crippen molar-refractivity contribution in [3.8, 4) is 0 Å². The topological polar surface area (TPSA) is 37.4 Å². The number of benzene rings is 2.